The first-order valence-electron chi connectivity index (χ1n) is 7.36. The van der Waals surface area contributed by atoms with Crippen LogP contribution in [0.4, 0.5) is 0 Å². The van der Waals surface area contributed by atoms with Crippen molar-refractivity contribution in [1.29, 1.82) is 0 Å². The van der Waals surface area contributed by atoms with Crippen LogP contribution in [-0.4, -0.2) is 20.7 Å². The second-order valence-corrected chi connectivity index (χ2v) is 5.21. The van der Waals surface area contributed by atoms with E-state index in [1.54, 1.807) is 36.4 Å². The summed E-state index contributed by atoms with van der Waals surface area (Å²) in [5.41, 5.74) is 1.91. The number of aromatic hydroxyl groups is 1. The fourth-order valence-corrected chi connectivity index (χ4v) is 2.73. The summed E-state index contributed by atoms with van der Waals surface area (Å²) < 4.78 is 7.70. The quantitative estimate of drug-likeness (QED) is 0.754. The molecule has 0 saturated heterocycles. The highest BCUT2D eigenvalue weighted by Gasteiger charge is 2.15. The van der Waals surface area contributed by atoms with Gasteiger partial charge in [-0.1, -0.05) is 12.1 Å². The molecule has 1 aromatic heterocycles. The van der Waals surface area contributed by atoms with Crippen molar-refractivity contribution >= 4 is 16.9 Å². The summed E-state index contributed by atoms with van der Waals surface area (Å²) in [6.45, 7) is 2.95. The van der Waals surface area contributed by atoms with Crippen molar-refractivity contribution in [2.75, 3.05) is 0 Å². The lowest BCUT2D eigenvalue weighted by atomic mass is 10.1. The van der Waals surface area contributed by atoms with E-state index in [0.29, 0.717) is 30.0 Å². The number of rotatable bonds is 5. The Bertz CT molecular complexity index is 849. The zero-order chi connectivity index (χ0) is 16.4. The third-order valence-electron chi connectivity index (χ3n) is 3.78. The van der Waals surface area contributed by atoms with Crippen LogP contribution in [0.15, 0.2) is 48.5 Å². The highest BCUT2D eigenvalue weighted by atomic mass is 16.5. The maximum absolute atomic E-state index is 11.4. The molecule has 0 spiro atoms. The minimum absolute atomic E-state index is 0.186. The first kappa shape index (κ1) is 15.0. The number of phenols is 1. The highest BCUT2D eigenvalue weighted by Crippen LogP contribution is 2.25. The normalized spacial score (nSPS) is 10.8. The monoisotopic (exact) mass is 311 g/mol. The molecule has 5 nitrogen and oxygen atoms in total. The number of aromatic carboxylic acids is 1. The maximum atomic E-state index is 11.4. The van der Waals surface area contributed by atoms with Gasteiger partial charge in [-0.3, -0.25) is 0 Å². The van der Waals surface area contributed by atoms with E-state index in [9.17, 15) is 15.0 Å². The van der Waals surface area contributed by atoms with Gasteiger partial charge in [-0.15, -0.1) is 0 Å². The Hall–Kier alpha value is -2.95. The van der Waals surface area contributed by atoms with E-state index < -0.39 is 5.97 Å². The van der Waals surface area contributed by atoms with Crippen molar-refractivity contribution in [2.24, 2.45) is 0 Å². The third kappa shape index (κ3) is 2.85. The number of ether oxygens (including phenoxy) is 1. The van der Waals surface area contributed by atoms with Crippen LogP contribution < -0.4 is 4.74 Å². The minimum Gasteiger partial charge on any atom is -0.508 e. The lowest BCUT2D eigenvalue weighted by molar-refractivity contribution is 0.0698. The van der Waals surface area contributed by atoms with Gasteiger partial charge in [-0.2, -0.15) is 0 Å². The van der Waals surface area contributed by atoms with Crippen LogP contribution in [0.25, 0.3) is 10.9 Å². The summed E-state index contributed by atoms with van der Waals surface area (Å²) in [6, 6.07) is 13.7. The van der Waals surface area contributed by atoms with Crippen LogP contribution in [0.3, 0.4) is 0 Å². The number of aryl methyl sites for hydroxylation is 1. The van der Waals surface area contributed by atoms with E-state index in [-0.39, 0.29) is 5.75 Å². The van der Waals surface area contributed by atoms with Gasteiger partial charge < -0.3 is 19.5 Å². The molecule has 0 atom stereocenters. The number of carbonyl (C=O) groups is 1. The summed E-state index contributed by atoms with van der Waals surface area (Å²) in [4.78, 5) is 11.4. The molecule has 1 heterocycles. The number of fused-ring (bicyclic) bond motifs is 1. The number of hydrogen-bond donors (Lipinski definition) is 2. The highest BCUT2D eigenvalue weighted by molar-refractivity contribution is 6.02. The van der Waals surface area contributed by atoms with E-state index in [2.05, 4.69) is 0 Å². The number of carboxylic acids is 1. The van der Waals surface area contributed by atoms with E-state index in [0.717, 1.165) is 11.1 Å². The first-order valence-corrected chi connectivity index (χ1v) is 7.36. The van der Waals surface area contributed by atoms with Gasteiger partial charge in [0.15, 0.2) is 0 Å². The fourth-order valence-electron chi connectivity index (χ4n) is 2.73. The van der Waals surface area contributed by atoms with Crippen LogP contribution in [0.5, 0.6) is 11.5 Å². The Balaban J connectivity index is 1.96. The SMILES string of the molecule is CCn1c(COc2ccc(O)cc2)cc2cccc(C(=O)O)c21. The summed E-state index contributed by atoms with van der Waals surface area (Å²) >= 11 is 0. The zero-order valence-electron chi connectivity index (χ0n) is 12.7. The van der Waals surface area contributed by atoms with Gasteiger partial charge in [0, 0.05) is 11.9 Å². The smallest absolute Gasteiger partial charge is 0.337 e. The Labute approximate surface area is 133 Å². The Morgan fingerprint density at radius 2 is 1.91 bits per heavy atom. The summed E-state index contributed by atoms with van der Waals surface area (Å²) in [5.74, 6) is -0.102. The van der Waals surface area contributed by atoms with Gasteiger partial charge in [0.2, 0.25) is 0 Å². The Kier molecular flexibility index (Phi) is 3.93. The molecule has 0 saturated carbocycles. The maximum Gasteiger partial charge on any atom is 0.337 e. The molecule has 3 rings (SSSR count). The predicted octanol–water partition coefficient (Wildman–Crippen LogP) is 3.64. The van der Waals surface area contributed by atoms with Gasteiger partial charge in [0.05, 0.1) is 16.8 Å². The first-order chi connectivity index (χ1) is 11.1. The number of benzene rings is 2. The molecule has 0 radical (unpaired) electrons. The number of nitrogens with zero attached hydrogens (tertiary/aromatic N) is 1. The molecule has 0 aliphatic heterocycles. The van der Waals surface area contributed by atoms with Crippen molar-refractivity contribution in [2.45, 2.75) is 20.1 Å². The van der Waals surface area contributed by atoms with Crippen LogP contribution >= 0.6 is 0 Å². The third-order valence-corrected chi connectivity index (χ3v) is 3.78. The molecular weight excluding hydrogens is 294 g/mol. The predicted molar refractivity (Wildman–Crippen MR) is 87.0 cm³/mol. The lowest BCUT2D eigenvalue weighted by Gasteiger charge is -2.11. The average Bonchev–Trinajstić information content (AvgIpc) is 2.91. The molecule has 2 N–H and O–H groups in total. The minimum atomic E-state index is -0.936. The molecule has 0 fully saturated rings. The molecular formula is C18H17NO4. The van der Waals surface area contributed by atoms with E-state index in [1.165, 1.54) is 0 Å². The van der Waals surface area contributed by atoms with Crippen molar-refractivity contribution in [3.63, 3.8) is 0 Å². The van der Waals surface area contributed by atoms with Crippen LogP contribution in [0, 0.1) is 0 Å². The molecule has 0 aliphatic rings. The van der Waals surface area contributed by atoms with Crippen molar-refractivity contribution in [3.8, 4) is 11.5 Å². The summed E-state index contributed by atoms with van der Waals surface area (Å²) in [7, 11) is 0. The molecule has 3 aromatic rings. The van der Waals surface area contributed by atoms with Crippen molar-refractivity contribution in [1.82, 2.24) is 4.57 Å². The zero-order valence-corrected chi connectivity index (χ0v) is 12.7. The topological polar surface area (TPSA) is 71.7 Å². The number of carboxylic acid groups (broad SMARTS) is 1. The van der Waals surface area contributed by atoms with Gasteiger partial charge in [0.25, 0.3) is 0 Å². The average molecular weight is 311 g/mol. The van der Waals surface area contributed by atoms with Gasteiger partial charge >= 0.3 is 5.97 Å². The van der Waals surface area contributed by atoms with E-state index in [1.807, 2.05) is 23.6 Å². The van der Waals surface area contributed by atoms with Crippen LogP contribution in [0.1, 0.15) is 23.0 Å². The van der Waals surface area contributed by atoms with Crippen molar-refractivity contribution in [3.05, 3.63) is 59.8 Å². The molecule has 118 valence electrons. The van der Waals surface area contributed by atoms with Crippen LogP contribution in [-0.2, 0) is 13.2 Å². The largest absolute Gasteiger partial charge is 0.508 e. The summed E-state index contributed by atoms with van der Waals surface area (Å²) in [6.07, 6.45) is 0. The number of hydrogen-bond acceptors (Lipinski definition) is 3. The van der Waals surface area contributed by atoms with Gasteiger partial charge in [-0.05, 0) is 43.3 Å². The van der Waals surface area contributed by atoms with Gasteiger partial charge in [-0.25, -0.2) is 4.79 Å². The Morgan fingerprint density at radius 1 is 1.17 bits per heavy atom. The molecule has 0 amide bonds. The number of phenolic OH excluding ortho intramolecular Hbond substituents is 1. The molecule has 0 unspecified atom stereocenters. The Morgan fingerprint density at radius 3 is 2.57 bits per heavy atom. The van der Waals surface area contributed by atoms with Gasteiger partial charge in [0.1, 0.15) is 18.1 Å². The van der Waals surface area contributed by atoms with Crippen LogP contribution in [0.2, 0.25) is 0 Å². The second-order valence-electron chi connectivity index (χ2n) is 5.21. The van der Waals surface area contributed by atoms with Crippen molar-refractivity contribution < 1.29 is 19.7 Å². The lowest BCUT2D eigenvalue weighted by Crippen LogP contribution is -2.07. The fraction of sp³-hybridized carbons (Fsp3) is 0.167. The second kappa shape index (κ2) is 6.04. The summed E-state index contributed by atoms with van der Waals surface area (Å²) in [5, 5.41) is 19.5. The number of aromatic nitrogens is 1. The van der Waals surface area contributed by atoms with E-state index in [4.69, 9.17) is 4.74 Å². The number of para-hydroxylation sites is 1. The molecule has 2 aromatic carbocycles. The standard InChI is InChI=1S/C18H17NO4/c1-2-19-13(11-23-15-8-6-14(20)7-9-15)10-12-4-3-5-16(17(12)19)18(21)22/h3-10,20H,2,11H2,1H3,(H,21,22). The van der Waals surface area contributed by atoms with E-state index >= 15 is 0 Å². The molecule has 0 aliphatic carbocycles. The molecule has 23 heavy (non-hydrogen) atoms. The molecule has 0 bridgehead atoms. The molecule has 5 heteroatoms.